The van der Waals surface area contributed by atoms with Crippen LogP contribution in [-0.2, 0) is 9.53 Å². The van der Waals surface area contributed by atoms with Crippen LogP contribution in [0.1, 0.15) is 63.3 Å². The summed E-state index contributed by atoms with van der Waals surface area (Å²) in [7, 11) is 2.95. The highest BCUT2D eigenvalue weighted by Gasteiger charge is 2.32. The van der Waals surface area contributed by atoms with E-state index in [-0.39, 0.29) is 29.7 Å². The lowest BCUT2D eigenvalue weighted by molar-refractivity contribution is -0.150. The summed E-state index contributed by atoms with van der Waals surface area (Å²) < 4.78 is 17.1. The monoisotopic (exact) mass is 430 g/mol. The molecule has 1 aliphatic rings. The Morgan fingerprint density at radius 3 is 2.16 bits per heavy atom. The maximum atomic E-state index is 12.5. The average Bonchev–Trinajstić information content (AvgIpc) is 2.73. The number of rotatable bonds is 8. The van der Waals surface area contributed by atoms with Crippen LogP contribution in [0.5, 0.6) is 11.5 Å². The van der Waals surface area contributed by atoms with Crippen LogP contribution in [0.3, 0.4) is 0 Å². The first-order valence-electron chi connectivity index (χ1n) is 10.0. The number of esters is 1. The minimum absolute atomic E-state index is 0.151. The number of oxime groups is 2. The van der Waals surface area contributed by atoms with Crippen LogP contribution in [0, 0.1) is 5.92 Å². The fourth-order valence-electron chi connectivity index (χ4n) is 3.39. The highest BCUT2D eigenvalue weighted by Crippen LogP contribution is 2.42. The van der Waals surface area contributed by atoms with Crippen molar-refractivity contribution in [2.24, 2.45) is 16.2 Å². The smallest absolute Gasteiger partial charge is 0.306 e. The summed E-state index contributed by atoms with van der Waals surface area (Å²) in [5.41, 5.74) is 2.85. The number of hydrogen-bond donors (Lipinski definition) is 2. The molecule has 0 aliphatic heterocycles. The van der Waals surface area contributed by atoms with E-state index in [1.807, 2.05) is 33.8 Å². The van der Waals surface area contributed by atoms with Crippen molar-refractivity contribution in [3.05, 3.63) is 46.6 Å². The van der Waals surface area contributed by atoms with Gasteiger partial charge in [0.1, 0.15) is 29.0 Å². The van der Waals surface area contributed by atoms with Gasteiger partial charge in [0.25, 0.3) is 0 Å². The molecule has 0 fully saturated rings. The minimum Gasteiger partial charge on any atom is -0.496 e. The Morgan fingerprint density at radius 1 is 1.06 bits per heavy atom. The summed E-state index contributed by atoms with van der Waals surface area (Å²) in [5.74, 6) is 0.539. The van der Waals surface area contributed by atoms with E-state index in [4.69, 9.17) is 14.2 Å². The molecule has 0 unspecified atom stereocenters. The van der Waals surface area contributed by atoms with Crippen molar-refractivity contribution in [3.63, 3.8) is 0 Å². The topological polar surface area (TPSA) is 110 Å². The van der Waals surface area contributed by atoms with E-state index in [1.165, 1.54) is 26.4 Å². The summed E-state index contributed by atoms with van der Waals surface area (Å²) in [5, 5.41) is 25.7. The standard InChI is InChI=1S/C23H30N2O6/c1-13(2)7-10-18(31-20(26)11-14(3)4)15-12-19(29-5)21-16(24-27)8-9-17(25-28)22(21)23(15)30-6/h7-9,12,14,18,27-28H,10-11H2,1-6H3/b24-16+,25-17+/t18-/m0/s1. The molecule has 0 saturated heterocycles. The van der Waals surface area contributed by atoms with Gasteiger partial charge < -0.3 is 24.6 Å². The molecule has 0 amide bonds. The predicted octanol–water partition coefficient (Wildman–Crippen LogP) is 4.62. The lowest BCUT2D eigenvalue weighted by Crippen LogP contribution is -2.20. The van der Waals surface area contributed by atoms with Crippen LogP contribution in [0.15, 0.2) is 40.2 Å². The Hall–Kier alpha value is -3.29. The van der Waals surface area contributed by atoms with Gasteiger partial charge in [-0.3, -0.25) is 4.79 Å². The lowest BCUT2D eigenvalue weighted by Gasteiger charge is -2.26. The van der Waals surface area contributed by atoms with E-state index in [0.717, 1.165) is 5.57 Å². The quantitative estimate of drug-likeness (QED) is 0.270. The van der Waals surface area contributed by atoms with Crippen molar-refractivity contribution in [1.82, 2.24) is 0 Å². The second-order valence-electron chi connectivity index (χ2n) is 7.85. The van der Waals surface area contributed by atoms with Gasteiger partial charge in [0.05, 0.1) is 25.3 Å². The van der Waals surface area contributed by atoms with Crippen molar-refractivity contribution in [2.45, 2.75) is 46.6 Å². The molecular weight excluding hydrogens is 400 g/mol. The maximum Gasteiger partial charge on any atom is 0.306 e. The molecule has 0 heterocycles. The summed E-state index contributed by atoms with van der Waals surface area (Å²) in [6, 6.07) is 1.70. The molecule has 1 aromatic rings. The number of benzene rings is 1. The number of carbonyl (C=O) groups excluding carboxylic acids is 1. The number of fused-ring (bicyclic) bond motifs is 1. The van der Waals surface area contributed by atoms with E-state index in [0.29, 0.717) is 34.6 Å². The van der Waals surface area contributed by atoms with Gasteiger partial charge in [0.15, 0.2) is 0 Å². The van der Waals surface area contributed by atoms with Crippen LogP contribution in [0.4, 0.5) is 0 Å². The zero-order valence-corrected chi connectivity index (χ0v) is 18.8. The first-order valence-corrected chi connectivity index (χ1v) is 10.0. The number of hydrogen-bond acceptors (Lipinski definition) is 8. The predicted molar refractivity (Wildman–Crippen MR) is 118 cm³/mol. The van der Waals surface area contributed by atoms with Crippen molar-refractivity contribution >= 4 is 17.4 Å². The van der Waals surface area contributed by atoms with Crippen molar-refractivity contribution in [2.75, 3.05) is 14.2 Å². The Labute approximate surface area is 182 Å². The van der Waals surface area contributed by atoms with E-state index >= 15 is 0 Å². The van der Waals surface area contributed by atoms with Gasteiger partial charge in [-0.15, -0.1) is 0 Å². The van der Waals surface area contributed by atoms with Crippen LogP contribution < -0.4 is 9.47 Å². The van der Waals surface area contributed by atoms with Gasteiger partial charge in [-0.1, -0.05) is 35.8 Å². The summed E-state index contributed by atoms with van der Waals surface area (Å²) in [6.07, 6.45) is 5.02. The van der Waals surface area contributed by atoms with Crippen molar-refractivity contribution in [1.29, 1.82) is 0 Å². The van der Waals surface area contributed by atoms with Crippen LogP contribution in [-0.4, -0.2) is 42.0 Å². The van der Waals surface area contributed by atoms with Gasteiger partial charge in [-0.2, -0.15) is 0 Å². The summed E-state index contributed by atoms with van der Waals surface area (Å²) in [6.45, 7) is 7.81. The first-order chi connectivity index (χ1) is 14.8. The normalized spacial score (nSPS) is 16.2. The maximum absolute atomic E-state index is 12.5. The molecule has 2 N–H and O–H groups in total. The zero-order chi connectivity index (χ0) is 23.1. The highest BCUT2D eigenvalue weighted by molar-refractivity contribution is 6.27. The number of methoxy groups -OCH3 is 2. The zero-order valence-electron chi connectivity index (χ0n) is 18.8. The van der Waals surface area contributed by atoms with Crippen molar-refractivity contribution < 1.29 is 29.4 Å². The van der Waals surface area contributed by atoms with Crippen LogP contribution in [0.25, 0.3) is 0 Å². The second-order valence-corrected chi connectivity index (χ2v) is 7.85. The number of carbonyl (C=O) groups is 1. The molecule has 0 bridgehead atoms. The molecule has 0 aromatic heterocycles. The molecule has 168 valence electrons. The van der Waals surface area contributed by atoms with Gasteiger partial charge >= 0.3 is 5.97 Å². The molecular formula is C23H30N2O6. The SMILES string of the molecule is COc1cc([C@H](CC=C(C)C)OC(=O)CC(C)C)c(OC)c2c1/C(=N/O)C=C/C2=N\O. The highest BCUT2D eigenvalue weighted by atomic mass is 16.5. The Morgan fingerprint density at radius 2 is 1.68 bits per heavy atom. The average molecular weight is 431 g/mol. The van der Waals surface area contributed by atoms with Crippen LogP contribution in [0.2, 0.25) is 0 Å². The van der Waals surface area contributed by atoms with Gasteiger partial charge in [0.2, 0.25) is 0 Å². The number of allylic oxidation sites excluding steroid dienone is 3. The molecule has 1 atom stereocenters. The van der Waals surface area contributed by atoms with Gasteiger partial charge in [-0.25, -0.2) is 0 Å². The fraction of sp³-hybridized carbons (Fsp3) is 0.435. The van der Waals surface area contributed by atoms with E-state index < -0.39 is 6.10 Å². The molecule has 0 radical (unpaired) electrons. The Bertz CT molecular complexity index is 940. The van der Waals surface area contributed by atoms with E-state index in [9.17, 15) is 15.2 Å². The minimum atomic E-state index is -0.657. The molecule has 8 nitrogen and oxygen atoms in total. The third-order valence-corrected chi connectivity index (χ3v) is 4.76. The Balaban J connectivity index is 2.74. The largest absolute Gasteiger partial charge is 0.496 e. The number of nitrogens with zero attached hydrogens (tertiary/aromatic N) is 2. The molecule has 0 saturated carbocycles. The fourth-order valence-corrected chi connectivity index (χ4v) is 3.39. The Kier molecular flexibility index (Phi) is 8.24. The van der Waals surface area contributed by atoms with Gasteiger partial charge in [0, 0.05) is 18.4 Å². The van der Waals surface area contributed by atoms with Crippen LogP contribution >= 0.6 is 0 Å². The van der Waals surface area contributed by atoms with Crippen molar-refractivity contribution in [3.8, 4) is 11.5 Å². The number of ether oxygens (including phenoxy) is 3. The molecule has 8 heteroatoms. The van der Waals surface area contributed by atoms with E-state index in [1.54, 1.807) is 6.07 Å². The summed E-state index contributed by atoms with van der Waals surface area (Å²) >= 11 is 0. The van der Waals surface area contributed by atoms with Gasteiger partial charge in [-0.05, 0) is 38.0 Å². The molecule has 31 heavy (non-hydrogen) atoms. The first kappa shape index (κ1) is 24.0. The molecule has 1 aromatic carbocycles. The lowest BCUT2D eigenvalue weighted by atomic mass is 9.88. The molecule has 2 rings (SSSR count). The molecule has 0 spiro atoms. The second kappa shape index (κ2) is 10.7. The van der Waals surface area contributed by atoms with E-state index in [2.05, 4.69) is 10.3 Å². The summed E-state index contributed by atoms with van der Waals surface area (Å²) in [4.78, 5) is 12.5. The third kappa shape index (κ3) is 5.45. The third-order valence-electron chi connectivity index (χ3n) is 4.76. The molecule has 1 aliphatic carbocycles.